The standard InChI is InChI=1S/C14H24N2O4/c17-13(15-8-12-4-2-6-20-12)10-16-5-1-3-11(9-16)7-14(18)19/h11-12H,1-10H2,(H,15,17)(H,18,19). The van der Waals surface area contributed by atoms with Gasteiger partial charge in [-0.1, -0.05) is 0 Å². The second kappa shape index (κ2) is 7.59. The second-order valence-electron chi connectivity index (χ2n) is 5.78. The van der Waals surface area contributed by atoms with E-state index in [9.17, 15) is 9.59 Å². The Bertz CT molecular complexity index is 342. The topological polar surface area (TPSA) is 78.9 Å². The number of carboxylic acid groups (broad SMARTS) is 1. The molecule has 0 saturated carbocycles. The Hall–Kier alpha value is -1.14. The van der Waals surface area contributed by atoms with Gasteiger partial charge in [0.15, 0.2) is 0 Å². The highest BCUT2D eigenvalue weighted by molar-refractivity contribution is 5.78. The van der Waals surface area contributed by atoms with Crippen molar-refractivity contribution < 1.29 is 19.4 Å². The lowest BCUT2D eigenvalue weighted by Crippen LogP contribution is -2.44. The van der Waals surface area contributed by atoms with Crippen molar-refractivity contribution in [3.63, 3.8) is 0 Å². The molecule has 2 heterocycles. The molecule has 1 amide bonds. The van der Waals surface area contributed by atoms with Crippen molar-refractivity contribution >= 4 is 11.9 Å². The number of carboxylic acids is 1. The predicted molar refractivity (Wildman–Crippen MR) is 73.4 cm³/mol. The summed E-state index contributed by atoms with van der Waals surface area (Å²) >= 11 is 0. The molecule has 0 bridgehead atoms. The Balaban J connectivity index is 1.66. The number of hydrogen-bond donors (Lipinski definition) is 2. The summed E-state index contributed by atoms with van der Waals surface area (Å²) < 4.78 is 5.46. The summed E-state index contributed by atoms with van der Waals surface area (Å²) in [6.45, 7) is 3.33. The minimum atomic E-state index is -0.750. The number of aliphatic carboxylic acids is 1. The predicted octanol–water partition coefficient (Wildman–Crippen LogP) is 0.468. The van der Waals surface area contributed by atoms with Crippen LogP contribution in [-0.2, 0) is 14.3 Å². The van der Waals surface area contributed by atoms with E-state index in [0.717, 1.165) is 38.8 Å². The van der Waals surface area contributed by atoms with E-state index in [1.54, 1.807) is 0 Å². The molecule has 2 unspecified atom stereocenters. The van der Waals surface area contributed by atoms with E-state index in [-0.39, 0.29) is 24.3 Å². The van der Waals surface area contributed by atoms with E-state index in [4.69, 9.17) is 9.84 Å². The quantitative estimate of drug-likeness (QED) is 0.741. The maximum atomic E-state index is 11.9. The minimum absolute atomic E-state index is 0.0106. The maximum absolute atomic E-state index is 11.9. The third-order valence-electron chi connectivity index (χ3n) is 3.98. The van der Waals surface area contributed by atoms with Gasteiger partial charge in [0.1, 0.15) is 0 Å². The number of ether oxygens (including phenoxy) is 1. The third kappa shape index (κ3) is 5.09. The molecular weight excluding hydrogens is 260 g/mol. The van der Waals surface area contributed by atoms with Gasteiger partial charge in [0.05, 0.1) is 12.6 Å². The smallest absolute Gasteiger partial charge is 0.303 e. The molecule has 0 aromatic heterocycles. The molecule has 20 heavy (non-hydrogen) atoms. The zero-order valence-electron chi connectivity index (χ0n) is 11.8. The van der Waals surface area contributed by atoms with Crippen LogP contribution in [0.2, 0.25) is 0 Å². The van der Waals surface area contributed by atoms with Crippen molar-refractivity contribution in [3.8, 4) is 0 Å². The molecule has 0 aliphatic carbocycles. The van der Waals surface area contributed by atoms with Crippen LogP contribution in [0, 0.1) is 5.92 Å². The Kier molecular flexibility index (Phi) is 5.79. The van der Waals surface area contributed by atoms with Crippen LogP contribution >= 0.6 is 0 Å². The van der Waals surface area contributed by atoms with E-state index in [1.165, 1.54) is 0 Å². The molecule has 2 fully saturated rings. The Morgan fingerprint density at radius 1 is 1.30 bits per heavy atom. The van der Waals surface area contributed by atoms with Crippen molar-refractivity contribution in [2.75, 3.05) is 32.8 Å². The molecule has 2 N–H and O–H groups in total. The fourth-order valence-corrected chi connectivity index (χ4v) is 3.00. The number of hydrogen-bond acceptors (Lipinski definition) is 4. The van der Waals surface area contributed by atoms with Crippen molar-refractivity contribution in [2.45, 2.75) is 38.2 Å². The van der Waals surface area contributed by atoms with Gasteiger partial charge >= 0.3 is 5.97 Å². The summed E-state index contributed by atoms with van der Waals surface area (Å²) in [5.41, 5.74) is 0. The molecule has 2 aliphatic heterocycles. The van der Waals surface area contributed by atoms with Gasteiger partial charge in [-0.3, -0.25) is 14.5 Å². The summed E-state index contributed by atoms with van der Waals surface area (Å²) in [6.07, 6.45) is 4.37. The molecule has 0 radical (unpaired) electrons. The molecule has 0 spiro atoms. The zero-order valence-corrected chi connectivity index (χ0v) is 11.8. The lowest BCUT2D eigenvalue weighted by molar-refractivity contribution is -0.138. The highest BCUT2D eigenvalue weighted by Gasteiger charge is 2.23. The molecule has 0 aromatic rings. The summed E-state index contributed by atoms with van der Waals surface area (Å²) in [5.74, 6) is -0.566. The number of piperidine rings is 1. The number of nitrogens with zero attached hydrogens (tertiary/aromatic N) is 1. The first-order chi connectivity index (χ1) is 9.63. The molecular formula is C14H24N2O4. The average molecular weight is 284 g/mol. The molecule has 0 aromatic carbocycles. The highest BCUT2D eigenvalue weighted by Crippen LogP contribution is 2.19. The molecule has 6 nitrogen and oxygen atoms in total. The second-order valence-corrected chi connectivity index (χ2v) is 5.78. The Morgan fingerprint density at radius 3 is 2.85 bits per heavy atom. The van der Waals surface area contributed by atoms with Crippen molar-refractivity contribution in [1.29, 1.82) is 0 Å². The number of carbonyl (C=O) groups excluding carboxylic acids is 1. The van der Waals surface area contributed by atoms with Crippen LogP contribution < -0.4 is 5.32 Å². The third-order valence-corrected chi connectivity index (χ3v) is 3.98. The van der Waals surface area contributed by atoms with E-state index >= 15 is 0 Å². The maximum Gasteiger partial charge on any atom is 0.303 e. The van der Waals surface area contributed by atoms with Crippen LogP contribution in [0.5, 0.6) is 0 Å². The fourth-order valence-electron chi connectivity index (χ4n) is 3.00. The molecule has 2 saturated heterocycles. The molecule has 2 aliphatic rings. The van der Waals surface area contributed by atoms with Crippen LogP contribution in [0.3, 0.4) is 0 Å². The van der Waals surface area contributed by atoms with Crippen molar-refractivity contribution in [3.05, 3.63) is 0 Å². The molecule has 6 heteroatoms. The van der Waals surface area contributed by atoms with Crippen LogP contribution in [0.15, 0.2) is 0 Å². The van der Waals surface area contributed by atoms with Gasteiger partial charge in [0.2, 0.25) is 5.91 Å². The number of carbonyl (C=O) groups is 2. The number of likely N-dealkylation sites (tertiary alicyclic amines) is 1. The number of amides is 1. The number of nitrogens with one attached hydrogen (secondary N) is 1. The van der Waals surface area contributed by atoms with E-state index in [0.29, 0.717) is 19.6 Å². The van der Waals surface area contributed by atoms with E-state index in [2.05, 4.69) is 10.2 Å². The lowest BCUT2D eigenvalue weighted by atomic mass is 9.95. The largest absolute Gasteiger partial charge is 0.481 e. The Labute approximate surface area is 119 Å². The van der Waals surface area contributed by atoms with Crippen LogP contribution in [0.4, 0.5) is 0 Å². The molecule has 114 valence electrons. The normalized spacial score (nSPS) is 27.4. The Morgan fingerprint density at radius 2 is 2.15 bits per heavy atom. The van der Waals surface area contributed by atoms with Crippen LogP contribution in [-0.4, -0.2) is 60.8 Å². The minimum Gasteiger partial charge on any atom is -0.481 e. The fraction of sp³-hybridized carbons (Fsp3) is 0.857. The van der Waals surface area contributed by atoms with Crippen molar-refractivity contribution in [2.24, 2.45) is 5.92 Å². The van der Waals surface area contributed by atoms with Gasteiger partial charge in [-0.15, -0.1) is 0 Å². The van der Waals surface area contributed by atoms with Gasteiger partial charge in [-0.05, 0) is 38.1 Å². The van der Waals surface area contributed by atoms with Gasteiger partial charge in [-0.25, -0.2) is 0 Å². The van der Waals surface area contributed by atoms with Gasteiger partial charge in [0.25, 0.3) is 0 Å². The lowest BCUT2D eigenvalue weighted by Gasteiger charge is -2.31. The first-order valence-corrected chi connectivity index (χ1v) is 7.46. The first-order valence-electron chi connectivity index (χ1n) is 7.46. The summed E-state index contributed by atoms with van der Waals surface area (Å²) in [4.78, 5) is 24.7. The van der Waals surface area contributed by atoms with E-state index < -0.39 is 5.97 Å². The number of rotatable bonds is 6. The molecule has 2 atom stereocenters. The average Bonchev–Trinajstić information content (AvgIpc) is 2.89. The zero-order chi connectivity index (χ0) is 14.4. The summed E-state index contributed by atoms with van der Waals surface area (Å²) in [6, 6.07) is 0. The first kappa shape index (κ1) is 15.3. The SMILES string of the molecule is O=C(O)CC1CCCN(CC(=O)NCC2CCCO2)C1. The summed E-state index contributed by atoms with van der Waals surface area (Å²) in [5, 5.41) is 11.7. The van der Waals surface area contributed by atoms with Crippen LogP contribution in [0.25, 0.3) is 0 Å². The van der Waals surface area contributed by atoms with E-state index in [1.807, 2.05) is 0 Å². The van der Waals surface area contributed by atoms with Gasteiger partial charge < -0.3 is 15.2 Å². The molecule has 2 rings (SSSR count). The van der Waals surface area contributed by atoms with Gasteiger partial charge in [-0.2, -0.15) is 0 Å². The monoisotopic (exact) mass is 284 g/mol. The summed E-state index contributed by atoms with van der Waals surface area (Å²) in [7, 11) is 0. The van der Waals surface area contributed by atoms with Crippen molar-refractivity contribution in [1.82, 2.24) is 10.2 Å². The van der Waals surface area contributed by atoms with Gasteiger partial charge in [0, 0.05) is 26.1 Å². The highest BCUT2D eigenvalue weighted by atomic mass is 16.5. The van der Waals surface area contributed by atoms with Crippen LogP contribution in [0.1, 0.15) is 32.1 Å².